The summed E-state index contributed by atoms with van der Waals surface area (Å²) in [7, 11) is 0. The Morgan fingerprint density at radius 2 is 2.26 bits per heavy atom. The molecule has 0 bridgehead atoms. The number of hydrogen-bond donors (Lipinski definition) is 1. The second-order valence-corrected chi connectivity index (χ2v) is 6.15. The van der Waals surface area contributed by atoms with Crippen LogP contribution in [-0.2, 0) is 11.2 Å². The zero-order chi connectivity index (χ0) is 14.0. The van der Waals surface area contributed by atoms with Crippen LogP contribution < -0.4 is 0 Å². The molecule has 0 aliphatic carbocycles. The van der Waals surface area contributed by atoms with Crippen molar-refractivity contribution >= 4 is 11.6 Å². The molecule has 1 aromatic carbocycles. The molecule has 1 N–H and O–H groups in total. The van der Waals surface area contributed by atoms with Crippen molar-refractivity contribution in [2.75, 3.05) is 6.61 Å². The van der Waals surface area contributed by atoms with E-state index in [4.69, 9.17) is 16.3 Å². The van der Waals surface area contributed by atoms with Crippen LogP contribution in [0.5, 0.6) is 0 Å². The zero-order valence-corrected chi connectivity index (χ0v) is 12.1. The highest BCUT2D eigenvalue weighted by molar-refractivity contribution is 6.31. The van der Waals surface area contributed by atoms with Gasteiger partial charge in [0.1, 0.15) is 5.82 Å². The Labute approximate surface area is 118 Å². The van der Waals surface area contributed by atoms with Gasteiger partial charge in [-0.2, -0.15) is 0 Å². The second-order valence-electron chi connectivity index (χ2n) is 5.74. The molecule has 2 nitrogen and oxygen atoms in total. The van der Waals surface area contributed by atoms with E-state index in [9.17, 15) is 9.50 Å². The Morgan fingerprint density at radius 1 is 1.53 bits per heavy atom. The summed E-state index contributed by atoms with van der Waals surface area (Å²) in [5.41, 5.74) is -0.0238. The number of halogens is 2. The number of aliphatic hydroxyl groups is 1. The maximum absolute atomic E-state index is 13.0. The lowest BCUT2D eigenvalue weighted by Crippen LogP contribution is -2.44. The minimum Gasteiger partial charge on any atom is -0.389 e. The van der Waals surface area contributed by atoms with Crippen LogP contribution in [0.4, 0.5) is 4.39 Å². The number of rotatable bonds is 3. The van der Waals surface area contributed by atoms with Gasteiger partial charge < -0.3 is 9.84 Å². The van der Waals surface area contributed by atoms with Crippen LogP contribution in [0.1, 0.15) is 32.3 Å². The quantitative estimate of drug-likeness (QED) is 0.920. The molecule has 2 unspecified atom stereocenters. The number of hydrogen-bond acceptors (Lipinski definition) is 2. The largest absolute Gasteiger partial charge is 0.389 e. The molecule has 1 heterocycles. The van der Waals surface area contributed by atoms with E-state index in [0.29, 0.717) is 36.8 Å². The van der Waals surface area contributed by atoms with Crippen LogP contribution in [0.15, 0.2) is 18.2 Å². The summed E-state index contributed by atoms with van der Waals surface area (Å²) in [6.07, 6.45) is 1.69. The van der Waals surface area contributed by atoms with Gasteiger partial charge in [-0.1, -0.05) is 31.5 Å². The topological polar surface area (TPSA) is 29.5 Å². The highest BCUT2D eigenvalue weighted by Gasteiger charge is 2.36. The van der Waals surface area contributed by atoms with E-state index in [1.807, 2.05) is 0 Å². The Hall–Kier alpha value is -0.640. The van der Waals surface area contributed by atoms with Crippen LogP contribution in [0.3, 0.4) is 0 Å². The maximum Gasteiger partial charge on any atom is 0.124 e. The SMILES string of the molecule is CC(C)C1CC(O)(Cc2ccc(F)cc2Cl)CCO1. The van der Waals surface area contributed by atoms with Crippen LogP contribution in [-0.4, -0.2) is 23.4 Å². The highest BCUT2D eigenvalue weighted by atomic mass is 35.5. The minimum absolute atomic E-state index is 0.0676. The summed E-state index contributed by atoms with van der Waals surface area (Å²) in [6, 6.07) is 4.32. The van der Waals surface area contributed by atoms with E-state index in [1.165, 1.54) is 12.1 Å². The summed E-state index contributed by atoms with van der Waals surface area (Å²) in [5.74, 6) is 0.0169. The molecule has 1 aliphatic heterocycles. The van der Waals surface area contributed by atoms with Crippen LogP contribution >= 0.6 is 11.6 Å². The normalized spacial score (nSPS) is 27.8. The number of benzene rings is 1. The van der Waals surface area contributed by atoms with Crippen molar-refractivity contribution in [1.29, 1.82) is 0 Å². The lowest BCUT2D eigenvalue weighted by atomic mass is 9.82. The van der Waals surface area contributed by atoms with E-state index in [-0.39, 0.29) is 11.9 Å². The fourth-order valence-corrected chi connectivity index (χ4v) is 2.78. The summed E-state index contributed by atoms with van der Waals surface area (Å²) in [4.78, 5) is 0. The average molecular weight is 287 g/mol. The fourth-order valence-electron chi connectivity index (χ4n) is 2.54. The van der Waals surface area contributed by atoms with E-state index >= 15 is 0 Å². The third-order valence-corrected chi connectivity index (χ3v) is 4.11. The third kappa shape index (κ3) is 3.68. The van der Waals surface area contributed by atoms with Gasteiger partial charge in [0.15, 0.2) is 0 Å². The van der Waals surface area contributed by atoms with Gasteiger partial charge in [-0.05, 0) is 30.0 Å². The van der Waals surface area contributed by atoms with Crippen molar-refractivity contribution < 1.29 is 14.2 Å². The summed E-state index contributed by atoms with van der Waals surface area (Å²) < 4.78 is 18.7. The molecule has 0 amide bonds. The van der Waals surface area contributed by atoms with Gasteiger partial charge in [-0.3, -0.25) is 0 Å². The predicted molar refractivity (Wildman–Crippen MR) is 73.9 cm³/mol. The maximum atomic E-state index is 13.0. The smallest absolute Gasteiger partial charge is 0.124 e. The molecule has 106 valence electrons. The molecule has 2 atom stereocenters. The zero-order valence-electron chi connectivity index (χ0n) is 11.3. The van der Waals surface area contributed by atoms with E-state index in [2.05, 4.69) is 13.8 Å². The lowest BCUT2D eigenvalue weighted by Gasteiger charge is -2.38. The second kappa shape index (κ2) is 5.78. The van der Waals surface area contributed by atoms with Gasteiger partial charge in [-0.25, -0.2) is 4.39 Å². The standard InChI is InChI=1S/C15H20ClFO2/c1-10(2)14-9-15(18,5-6-19-14)8-11-3-4-12(17)7-13(11)16/h3-4,7,10,14,18H,5-6,8-9H2,1-2H3. The van der Waals surface area contributed by atoms with Gasteiger partial charge in [0.05, 0.1) is 11.7 Å². The monoisotopic (exact) mass is 286 g/mol. The minimum atomic E-state index is -0.811. The van der Waals surface area contributed by atoms with Crippen LogP contribution in [0.2, 0.25) is 5.02 Å². The fraction of sp³-hybridized carbons (Fsp3) is 0.600. The molecule has 0 saturated carbocycles. The third-order valence-electron chi connectivity index (χ3n) is 3.76. The molecule has 1 aromatic rings. The molecule has 0 aromatic heterocycles. The van der Waals surface area contributed by atoms with Gasteiger partial charge >= 0.3 is 0 Å². The molecule has 0 spiro atoms. The van der Waals surface area contributed by atoms with Gasteiger partial charge in [0.25, 0.3) is 0 Å². The highest BCUT2D eigenvalue weighted by Crippen LogP contribution is 2.33. The average Bonchev–Trinajstić information content (AvgIpc) is 2.33. The van der Waals surface area contributed by atoms with Crippen LogP contribution in [0, 0.1) is 11.7 Å². The van der Waals surface area contributed by atoms with Gasteiger partial charge in [0.2, 0.25) is 0 Å². The first-order chi connectivity index (χ1) is 8.89. The summed E-state index contributed by atoms with van der Waals surface area (Å²) in [5, 5.41) is 11.1. The van der Waals surface area contributed by atoms with Gasteiger partial charge in [-0.15, -0.1) is 0 Å². The molecule has 1 saturated heterocycles. The molecule has 1 fully saturated rings. The molecule has 1 aliphatic rings. The van der Waals surface area contributed by atoms with E-state index in [0.717, 1.165) is 5.56 Å². The summed E-state index contributed by atoms with van der Waals surface area (Å²) in [6.45, 7) is 4.72. The lowest BCUT2D eigenvalue weighted by molar-refractivity contribution is -0.116. The Balaban J connectivity index is 2.12. The van der Waals surface area contributed by atoms with Crippen molar-refractivity contribution in [3.63, 3.8) is 0 Å². The molecular weight excluding hydrogens is 267 g/mol. The molecule has 19 heavy (non-hydrogen) atoms. The van der Waals surface area contributed by atoms with Crippen molar-refractivity contribution in [3.05, 3.63) is 34.6 Å². The first kappa shape index (κ1) is 14.8. The van der Waals surface area contributed by atoms with Gasteiger partial charge in [0, 0.05) is 24.5 Å². The van der Waals surface area contributed by atoms with Crippen molar-refractivity contribution in [2.24, 2.45) is 5.92 Å². The summed E-state index contributed by atoms with van der Waals surface area (Å²) >= 11 is 6.03. The predicted octanol–water partition coefficient (Wildman–Crippen LogP) is 3.59. The van der Waals surface area contributed by atoms with Crippen molar-refractivity contribution in [3.8, 4) is 0 Å². The first-order valence-corrected chi connectivity index (χ1v) is 7.05. The Morgan fingerprint density at radius 3 is 2.89 bits per heavy atom. The number of ether oxygens (including phenoxy) is 1. The van der Waals surface area contributed by atoms with Crippen LogP contribution in [0.25, 0.3) is 0 Å². The van der Waals surface area contributed by atoms with Crippen molar-refractivity contribution in [2.45, 2.75) is 44.8 Å². The van der Waals surface area contributed by atoms with E-state index < -0.39 is 5.60 Å². The Kier molecular flexibility index (Phi) is 4.49. The first-order valence-electron chi connectivity index (χ1n) is 6.67. The molecule has 0 radical (unpaired) electrons. The molecule has 4 heteroatoms. The molecular formula is C15H20ClFO2. The van der Waals surface area contributed by atoms with Crippen molar-refractivity contribution in [1.82, 2.24) is 0 Å². The molecule has 2 rings (SSSR count). The van der Waals surface area contributed by atoms with E-state index in [1.54, 1.807) is 6.07 Å². The Bertz CT molecular complexity index is 450.